The minimum absolute atomic E-state index is 0.0272. The van der Waals surface area contributed by atoms with E-state index in [-0.39, 0.29) is 23.2 Å². The van der Waals surface area contributed by atoms with Gasteiger partial charge in [0.2, 0.25) is 0 Å². The van der Waals surface area contributed by atoms with Gasteiger partial charge in [0.1, 0.15) is 5.76 Å². The maximum atomic E-state index is 11.8. The molecule has 0 aliphatic heterocycles. The van der Waals surface area contributed by atoms with Crippen LogP contribution in [-0.2, 0) is 6.42 Å². The van der Waals surface area contributed by atoms with E-state index in [9.17, 15) is 9.59 Å². The summed E-state index contributed by atoms with van der Waals surface area (Å²) in [6.07, 6.45) is 0.471. The fourth-order valence-corrected chi connectivity index (χ4v) is 2.34. The zero-order valence-corrected chi connectivity index (χ0v) is 12.4. The first-order valence-corrected chi connectivity index (χ1v) is 7.28. The highest BCUT2D eigenvalue weighted by atomic mass is 32.1. The number of amides is 1. The van der Waals surface area contributed by atoms with Gasteiger partial charge in [-0.25, -0.2) is 9.78 Å². The highest BCUT2D eigenvalue weighted by Crippen LogP contribution is 2.15. The third-order valence-corrected chi connectivity index (χ3v) is 3.63. The average molecular weight is 309 g/mol. The number of thiazole rings is 1. The summed E-state index contributed by atoms with van der Waals surface area (Å²) in [5.41, 5.74) is 0.267. The standard InChI is InChI=1S/C13H15N3O4S/c1-7(2)10-5-8(16-20-10)12(17)14-4-3-11-15-9(6-21-11)13(18)19/h5-7H,3-4H2,1-2H3,(H,14,17)(H,18,19). The van der Waals surface area contributed by atoms with Crippen molar-refractivity contribution in [2.75, 3.05) is 6.54 Å². The van der Waals surface area contributed by atoms with Crippen LogP contribution in [0.15, 0.2) is 16.0 Å². The number of hydrogen-bond donors (Lipinski definition) is 2. The first-order chi connectivity index (χ1) is 9.97. The van der Waals surface area contributed by atoms with Crippen LogP contribution in [0.5, 0.6) is 0 Å². The van der Waals surface area contributed by atoms with Crippen LogP contribution in [0.25, 0.3) is 0 Å². The van der Waals surface area contributed by atoms with E-state index < -0.39 is 5.97 Å². The summed E-state index contributed by atoms with van der Waals surface area (Å²) in [6.45, 7) is 4.25. The molecular formula is C13H15N3O4S. The number of aromatic carboxylic acids is 1. The third kappa shape index (κ3) is 3.88. The summed E-state index contributed by atoms with van der Waals surface area (Å²) < 4.78 is 5.06. The molecule has 2 aromatic rings. The molecule has 112 valence electrons. The Morgan fingerprint density at radius 1 is 1.43 bits per heavy atom. The van der Waals surface area contributed by atoms with Crippen LogP contribution in [0.2, 0.25) is 0 Å². The van der Waals surface area contributed by atoms with E-state index in [0.717, 1.165) is 0 Å². The lowest BCUT2D eigenvalue weighted by Crippen LogP contribution is -2.25. The van der Waals surface area contributed by atoms with Gasteiger partial charge in [-0.15, -0.1) is 11.3 Å². The number of aromatic nitrogens is 2. The Labute approximate surface area is 125 Å². The largest absolute Gasteiger partial charge is 0.476 e. The molecule has 0 aliphatic carbocycles. The Morgan fingerprint density at radius 3 is 2.76 bits per heavy atom. The van der Waals surface area contributed by atoms with Crippen molar-refractivity contribution < 1.29 is 19.2 Å². The van der Waals surface area contributed by atoms with Crippen molar-refractivity contribution >= 4 is 23.2 Å². The Hall–Kier alpha value is -2.22. The number of carbonyl (C=O) groups excluding carboxylic acids is 1. The lowest BCUT2D eigenvalue weighted by atomic mass is 10.1. The summed E-state index contributed by atoms with van der Waals surface area (Å²) in [7, 11) is 0. The van der Waals surface area contributed by atoms with E-state index >= 15 is 0 Å². The molecule has 0 saturated carbocycles. The summed E-state index contributed by atoms with van der Waals surface area (Å²) in [5.74, 6) is -0.541. The van der Waals surface area contributed by atoms with Crippen LogP contribution in [0.4, 0.5) is 0 Å². The van der Waals surface area contributed by atoms with Gasteiger partial charge in [-0.3, -0.25) is 4.79 Å². The molecule has 2 N–H and O–H groups in total. The monoisotopic (exact) mass is 309 g/mol. The van der Waals surface area contributed by atoms with Crippen LogP contribution in [0, 0.1) is 0 Å². The van der Waals surface area contributed by atoms with Gasteiger partial charge in [-0.1, -0.05) is 19.0 Å². The third-order valence-electron chi connectivity index (χ3n) is 2.73. The Bertz CT molecular complexity index is 647. The van der Waals surface area contributed by atoms with Gasteiger partial charge in [0.25, 0.3) is 5.91 Å². The molecule has 0 saturated heterocycles. The van der Waals surface area contributed by atoms with E-state index in [1.807, 2.05) is 13.8 Å². The van der Waals surface area contributed by atoms with Crippen LogP contribution in [0.1, 0.15) is 51.5 Å². The molecule has 0 fully saturated rings. The molecule has 8 heteroatoms. The highest BCUT2D eigenvalue weighted by Gasteiger charge is 2.14. The first kappa shape index (κ1) is 15.2. The molecule has 0 spiro atoms. The van der Waals surface area contributed by atoms with Crippen molar-refractivity contribution in [2.45, 2.75) is 26.2 Å². The van der Waals surface area contributed by atoms with Gasteiger partial charge >= 0.3 is 5.97 Å². The molecule has 0 atom stereocenters. The van der Waals surface area contributed by atoms with Crippen molar-refractivity contribution in [1.29, 1.82) is 0 Å². The van der Waals surface area contributed by atoms with Gasteiger partial charge in [-0.2, -0.15) is 0 Å². The minimum Gasteiger partial charge on any atom is -0.476 e. The average Bonchev–Trinajstić information content (AvgIpc) is 3.07. The molecule has 2 aromatic heterocycles. The van der Waals surface area contributed by atoms with Crippen molar-refractivity contribution in [1.82, 2.24) is 15.5 Å². The second-order valence-electron chi connectivity index (χ2n) is 4.71. The second-order valence-corrected chi connectivity index (χ2v) is 5.65. The van der Waals surface area contributed by atoms with Crippen molar-refractivity contribution in [3.63, 3.8) is 0 Å². The summed E-state index contributed by atoms with van der Waals surface area (Å²) in [5, 5.41) is 17.3. The van der Waals surface area contributed by atoms with Crippen LogP contribution in [0.3, 0.4) is 0 Å². The molecule has 1 amide bonds. The van der Waals surface area contributed by atoms with Crippen LogP contribution < -0.4 is 5.32 Å². The number of carbonyl (C=O) groups is 2. The fraction of sp³-hybridized carbons (Fsp3) is 0.385. The molecule has 2 rings (SSSR count). The van der Waals surface area contributed by atoms with Crippen LogP contribution >= 0.6 is 11.3 Å². The molecule has 21 heavy (non-hydrogen) atoms. The normalized spacial score (nSPS) is 10.8. The van der Waals surface area contributed by atoms with Crippen LogP contribution in [-0.4, -0.2) is 33.7 Å². The van der Waals surface area contributed by atoms with E-state index in [1.54, 1.807) is 6.07 Å². The topological polar surface area (TPSA) is 105 Å². The van der Waals surface area contributed by atoms with Crippen molar-refractivity contribution in [3.8, 4) is 0 Å². The lowest BCUT2D eigenvalue weighted by molar-refractivity contribution is 0.0690. The summed E-state index contributed by atoms with van der Waals surface area (Å²) in [4.78, 5) is 26.5. The molecule has 0 radical (unpaired) electrons. The maximum absolute atomic E-state index is 11.8. The number of nitrogens with one attached hydrogen (secondary N) is 1. The van der Waals surface area contributed by atoms with E-state index in [4.69, 9.17) is 9.63 Å². The SMILES string of the molecule is CC(C)c1cc(C(=O)NCCc2nc(C(=O)O)cs2)no1. The second kappa shape index (κ2) is 6.49. The predicted molar refractivity (Wildman–Crippen MR) is 75.7 cm³/mol. The number of hydrogen-bond acceptors (Lipinski definition) is 6. The Balaban J connectivity index is 1.84. The molecule has 0 bridgehead atoms. The maximum Gasteiger partial charge on any atom is 0.355 e. The molecule has 0 unspecified atom stereocenters. The van der Waals surface area contributed by atoms with Crippen molar-refractivity contribution in [3.05, 3.63) is 33.6 Å². The lowest BCUT2D eigenvalue weighted by Gasteiger charge is -2.00. The molecule has 7 nitrogen and oxygen atoms in total. The number of rotatable bonds is 6. The highest BCUT2D eigenvalue weighted by molar-refractivity contribution is 7.09. The number of nitrogens with zero attached hydrogens (tertiary/aromatic N) is 2. The predicted octanol–water partition coefficient (Wildman–Crippen LogP) is 1.93. The smallest absolute Gasteiger partial charge is 0.355 e. The van der Waals surface area contributed by atoms with Gasteiger partial charge < -0.3 is 14.9 Å². The van der Waals surface area contributed by atoms with Gasteiger partial charge in [-0.05, 0) is 0 Å². The zero-order valence-electron chi connectivity index (χ0n) is 11.6. The van der Waals surface area contributed by atoms with E-state index in [2.05, 4.69) is 15.5 Å². The molecule has 0 aromatic carbocycles. The molecule has 0 aliphatic rings. The summed E-state index contributed by atoms with van der Waals surface area (Å²) in [6, 6.07) is 1.62. The summed E-state index contributed by atoms with van der Waals surface area (Å²) >= 11 is 1.26. The Morgan fingerprint density at radius 2 is 2.19 bits per heavy atom. The molecule has 2 heterocycles. The van der Waals surface area contributed by atoms with Gasteiger partial charge in [0.15, 0.2) is 11.4 Å². The number of carboxylic acid groups (broad SMARTS) is 1. The minimum atomic E-state index is -1.05. The zero-order chi connectivity index (χ0) is 15.4. The molecular weight excluding hydrogens is 294 g/mol. The van der Waals surface area contributed by atoms with E-state index in [0.29, 0.717) is 23.7 Å². The number of carboxylic acids is 1. The quantitative estimate of drug-likeness (QED) is 0.844. The fourth-order valence-electron chi connectivity index (χ4n) is 1.57. The van der Waals surface area contributed by atoms with Gasteiger partial charge in [0.05, 0.1) is 5.01 Å². The first-order valence-electron chi connectivity index (χ1n) is 6.40. The van der Waals surface area contributed by atoms with Gasteiger partial charge in [0, 0.05) is 30.3 Å². The van der Waals surface area contributed by atoms with Crippen molar-refractivity contribution in [2.24, 2.45) is 0 Å². The Kier molecular flexibility index (Phi) is 4.69. The van der Waals surface area contributed by atoms with E-state index in [1.165, 1.54) is 16.7 Å².